The maximum Gasteiger partial charge on any atom is 0.269 e. The molecule has 1 heterocycles. The maximum atomic E-state index is 13.6. The summed E-state index contributed by atoms with van der Waals surface area (Å²) >= 11 is 1.42. The van der Waals surface area contributed by atoms with E-state index in [2.05, 4.69) is 15.5 Å². The van der Waals surface area contributed by atoms with Gasteiger partial charge in [0.15, 0.2) is 11.0 Å². The highest BCUT2D eigenvalue weighted by molar-refractivity contribution is 7.98. The van der Waals surface area contributed by atoms with Crippen molar-refractivity contribution in [1.29, 1.82) is 0 Å². The minimum Gasteiger partial charge on any atom is -0.383 e. The first-order valence-corrected chi connectivity index (χ1v) is 11.9. The fraction of sp³-hybridized carbons (Fsp3) is 0.160. The van der Waals surface area contributed by atoms with E-state index in [4.69, 9.17) is 4.74 Å². The van der Waals surface area contributed by atoms with Crippen LogP contribution in [0, 0.1) is 15.9 Å². The summed E-state index contributed by atoms with van der Waals surface area (Å²) in [6.07, 6.45) is 0. The normalized spacial score (nSPS) is 10.8. The Balaban J connectivity index is 1.56. The second-order valence-electron chi connectivity index (χ2n) is 7.66. The number of ether oxygens (including phenoxy) is 1. The van der Waals surface area contributed by atoms with Crippen molar-refractivity contribution in [1.82, 2.24) is 20.1 Å². The Bertz CT molecular complexity index is 1340. The molecule has 0 spiro atoms. The number of nitrogens with one attached hydrogen (secondary N) is 1. The lowest BCUT2D eigenvalue weighted by Crippen LogP contribution is -2.26. The van der Waals surface area contributed by atoms with Gasteiger partial charge in [-0.2, -0.15) is 0 Å². The molecule has 0 radical (unpaired) electrons. The van der Waals surface area contributed by atoms with E-state index in [0.29, 0.717) is 46.7 Å². The number of halogens is 1. The van der Waals surface area contributed by atoms with Crippen LogP contribution in [0.25, 0.3) is 17.1 Å². The van der Waals surface area contributed by atoms with Gasteiger partial charge >= 0.3 is 0 Å². The van der Waals surface area contributed by atoms with Crippen molar-refractivity contribution < 1.29 is 18.8 Å². The fourth-order valence-corrected chi connectivity index (χ4v) is 4.28. The Morgan fingerprint density at radius 3 is 2.39 bits per heavy atom. The number of nitro groups is 1. The molecule has 0 atom stereocenters. The molecule has 11 heteroatoms. The number of nitrogens with zero attached hydrogens (tertiary/aromatic N) is 4. The molecular formula is C25H22FN5O4S. The lowest BCUT2D eigenvalue weighted by atomic mass is 10.1. The van der Waals surface area contributed by atoms with Crippen molar-refractivity contribution in [3.63, 3.8) is 0 Å². The minimum atomic E-state index is -0.468. The number of hydrogen-bond donors (Lipinski definition) is 1. The summed E-state index contributed by atoms with van der Waals surface area (Å²) in [7, 11) is 1.57. The van der Waals surface area contributed by atoms with Crippen LogP contribution in [0.4, 0.5) is 10.1 Å². The first-order chi connectivity index (χ1) is 17.5. The zero-order valence-electron chi connectivity index (χ0n) is 19.3. The molecule has 184 valence electrons. The summed E-state index contributed by atoms with van der Waals surface area (Å²) in [6, 6.07) is 19.2. The molecule has 9 nitrogen and oxygen atoms in total. The van der Waals surface area contributed by atoms with Gasteiger partial charge in [-0.25, -0.2) is 4.39 Å². The van der Waals surface area contributed by atoms with Crippen molar-refractivity contribution in [2.75, 3.05) is 20.3 Å². The molecule has 0 saturated heterocycles. The molecule has 0 fully saturated rings. The third-order valence-corrected chi connectivity index (χ3v) is 6.23. The number of hydrogen-bond acceptors (Lipinski definition) is 7. The minimum absolute atomic E-state index is 0.0305. The third-order valence-electron chi connectivity index (χ3n) is 5.23. The number of thioether (sulfide) groups is 1. The van der Waals surface area contributed by atoms with Crippen LogP contribution in [-0.2, 0) is 10.5 Å². The highest BCUT2D eigenvalue weighted by Gasteiger charge is 2.18. The van der Waals surface area contributed by atoms with E-state index in [9.17, 15) is 19.3 Å². The molecule has 4 rings (SSSR count). The second-order valence-corrected chi connectivity index (χ2v) is 8.60. The first kappa shape index (κ1) is 25.0. The molecule has 0 aliphatic heterocycles. The summed E-state index contributed by atoms with van der Waals surface area (Å²) < 4.78 is 20.3. The van der Waals surface area contributed by atoms with Gasteiger partial charge in [0.25, 0.3) is 11.6 Å². The summed E-state index contributed by atoms with van der Waals surface area (Å²) in [6.45, 7) is 0.875. The largest absolute Gasteiger partial charge is 0.383 e. The zero-order valence-corrected chi connectivity index (χ0v) is 20.1. The van der Waals surface area contributed by atoms with Crippen LogP contribution in [0.5, 0.6) is 0 Å². The molecule has 1 amide bonds. The SMILES string of the molecule is COCCNC(=O)c1ccc(CSc2nnc(-c3ccc([N+](=O)[O-])cc3)n2-c2ccc(F)cc2)cc1. The van der Waals surface area contributed by atoms with E-state index < -0.39 is 4.92 Å². The van der Waals surface area contributed by atoms with Gasteiger partial charge in [0.05, 0.1) is 11.5 Å². The van der Waals surface area contributed by atoms with Gasteiger partial charge in [-0.3, -0.25) is 19.5 Å². The molecule has 0 bridgehead atoms. The number of rotatable bonds is 10. The van der Waals surface area contributed by atoms with Crippen molar-refractivity contribution >= 4 is 23.4 Å². The van der Waals surface area contributed by atoms with E-state index in [1.54, 1.807) is 48.1 Å². The van der Waals surface area contributed by atoms with Gasteiger partial charge in [0, 0.05) is 48.4 Å². The Kier molecular flexibility index (Phi) is 8.03. The van der Waals surface area contributed by atoms with Crippen molar-refractivity contribution in [3.8, 4) is 17.1 Å². The van der Waals surface area contributed by atoms with E-state index in [-0.39, 0.29) is 17.4 Å². The second kappa shape index (κ2) is 11.6. The van der Waals surface area contributed by atoms with E-state index in [1.165, 1.54) is 36.0 Å². The predicted octanol–water partition coefficient (Wildman–Crippen LogP) is 4.65. The number of non-ortho nitro benzene ring substituents is 1. The lowest BCUT2D eigenvalue weighted by Gasteiger charge is -2.11. The maximum absolute atomic E-state index is 13.6. The molecule has 36 heavy (non-hydrogen) atoms. The van der Waals surface area contributed by atoms with Crippen molar-refractivity contribution in [2.24, 2.45) is 0 Å². The summed E-state index contributed by atoms with van der Waals surface area (Å²) in [5.74, 6) is 0.479. The number of nitro benzene ring substituents is 1. The molecule has 1 N–H and O–H groups in total. The quantitative estimate of drug-likeness (QED) is 0.144. The number of aromatic nitrogens is 3. The van der Waals surface area contributed by atoms with E-state index >= 15 is 0 Å². The molecule has 0 aliphatic carbocycles. The van der Waals surface area contributed by atoms with Gasteiger partial charge in [0.2, 0.25) is 0 Å². The number of benzene rings is 3. The highest BCUT2D eigenvalue weighted by Crippen LogP contribution is 2.30. The van der Waals surface area contributed by atoms with Crippen molar-refractivity contribution in [3.05, 3.63) is 99.9 Å². The van der Waals surface area contributed by atoms with Crippen LogP contribution in [0.15, 0.2) is 78.0 Å². The van der Waals surface area contributed by atoms with E-state index in [0.717, 1.165) is 5.56 Å². The molecule has 0 aliphatic rings. The lowest BCUT2D eigenvalue weighted by molar-refractivity contribution is -0.384. The summed E-state index contributed by atoms with van der Waals surface area (Å²) in [5, 5.41) is 23.0. The molecule has 4 aromatic rings. The number of carbonyl (C=O) groups excluding carboxylic acids is 1. The highest BCUT2D eigenvalue weighted by atomic mass is 32.2. The van der Waals surface area contributed by atoms with Crippen LogP contribution < -0.4 is 5.32 Å². The van der Waals surface area contributed by atoms with Crippen LogP contribution >= 0.6 is 11.8 Å². The van der Waals surface area contributed by atoms with Gasteiger partial charge in [-0.15, -0.1) is 10.2 Å². The Labute approximate surface area is 210 Å². The summed E-state index contributed by atoms with van der Waals surface area (Å²) in [4.78, 5) is 22.7. The monoisotopic (exact) mass is 507 g/mol. The Morgan fingerprint density at radius 1 is 1.06 bits per heavy atom. The number of methoxy groups -OCH3 is 1. The number of amides is 1. The first-order valence-electron chi connectivity index (χ1n) is 10.9. The van der Waals surface area contributed by atoms with Gasteiger partial charge in [-0.1, -0.05) is 23.9 Å². The fourth-order valence-electron chi connectivity index (χ4n) is 3.37. The summed E-state index contributed by atoms with van der Waals surface area (Å²) in [5.41, 5.74) is 2.78. The van der Waals surface area contributed by atoms with Gasteiger partial charge in [0.1, 0.15) is 5.82 Å². The van der Waals surface area contributed by atoms with Gasteiger partial charge in [-0.05, 0) is 54.1 Å². The third kappa shape index (κ3) is 5.93. The molecule has 0 saturated carbocycles. The Morgan fingerprint density at radius 2 is 1.75 bits per heavy atom. The van der Waals surface area contributed by atoms with Crippen molar-refractivity contribution in [2.45, 2.75) is 10.9 Å². The molecule has 1 aromatic heterocycles. The average molecular weight is 508 g/mol. The standard InChI is InChI=1S/C25H22FN5O4S/c1-35-15-14-27-24(32)19-4-2-17(3-5-19)16-36-25-29-28-23(18-6-10-22(11-7-18)31(33)34)30(25)21-12-8-20(26)9-13-21/h2-13H,14-16H2,1H3,(H,27,32). The van der Waals surface area contributed by atoms with Crippen LogP contribution in [0.1, 0.15) is 15.9 Å². The van der Waals surface area contributed by atoms with Crippen LogP contribution in [-0.4, -0.2) is 45.9 Å². The number of carbonyl (C=O) groups is 1. The predicted molar refractivity (Wildman–Crippen MR) is 134 cm³/mol. The van der Waals surface area contributed by atoms with E-state index in [1.807, 2.05) is 12.1 Å². The molecule has 0 unspecified atom stereocenters. The average Bonchev–Trinajstić information content (AvgIpc) is 3.32. The van der Waals surface area contributed by atoms with Crippen LogP contribution in [0.2, 0.25) is 0 Å². The molecular weight excluding hydrogens is 485 g/mol. The molecule has 3 aromatic carbocycles. The zero-order chi connectivity index (χ0) is 25.5. The smallest absolute Gasteiger partial charge is 0.269 e. The van der Waals surface area contributed by atoms with Crippen LogP contribution in [0.3, 0.4) is 0 Å². The Hall–Kier alpha value is -4.09. The topological polar surface area (TPSA) is 112 Å². The van der Waals surface area contributed by atoms with Gasteiger partial charge < -0.3 is 10.1 Å².